The number of nitrogens with zero attached hydrogens (tertiary/aromatic N) is 1. The molecule has 2 saturated carbocycles. The van der Waals surface area contributed by atoms with Crippen molar-refractivity contribution in [2.75, 3.05) is 10.2 Å². The third-order valence-electron chi connectivity index (χ3n) is 7.13. The lowest BCUT2D eigenvalue weighted by molar-refractivity contribution is -0.124. The predicted molar refractivity (Wildman–Crippen MR) is 113 cm³/mol. The van der Waals surface area contributed by atoms with Crippen LogP contribution in [0.1, 0.15) is 16.8 Å². The molecule has 1 N–H and O–H groups in total. The summed E-state index contributed by atoms with van der Waals surface area (Å²) in [5, 5.41) is 3.40. The predicted octanol–water partition coefficient (Wildman–Crippen LogP) is 4.15. The van der Waals surface area contributed by atoms with E-state index >= 15 is 0 Å². The topological polar surface area (TPSA) is 66.5 Å². The quantitative estimate of drug-likeness (QED) is 0.601. The number of hydrogen-bond acceptors (Lipinski definition) is 3. The molecule has 30 heavy (non-hydrogen) atoms. The second kappa shape index (κ2) is 6.29. The van der Waals surface area contributed by atoms with Crippen LogP contribution < -0.4 is 10.2 Å². The SMILES string of the molecule is O=C(Nc1ccc(Cl)cc1)c1cccc(N2C(=O)[C@@H]3[C@@H]4C=C[C@H]([C@H]5C[C@H]45)[C@@H]3C2=O)c1. The molecule has 2 bridgehead atoms. The third-order valence-corrected chi connectivity index (χ3v) is 7.38. The molecule has 5 nitrogen and oxygen atoms in total. The molecule has 0 radical (unpaired) electrons. The van der Waals surface area contributed by atoms with Gasteiger partial charge in [0.15, 0.2) is 0 Å². The van der Waals surface area contributed by atoms with Gasteiger partial charge in [-0.25, -0.2) is 4.90 Å². The fraction of sp³-hybridized carbons (Fsp3) is 0.292. The lowest BCUT2D eigenvalue weighted by Gasteiger charge is -2.37. The van der Waals surface area contributed by atoms with Gasteiger partial charge in [-0.3, -0.25) is 14.4 Å². The number of imide groups is 1. The average Bonchev–Trinajstić information content (AvgIpc) is 3.53. The number of allylic oxidation sites excluding steroid dienone is 2. The van der Waals surface area contributed by atoms with Crippen LogP contribution in [0.3, 0.4) is 0 Å². The second-order valence-electron chi connectivity index (χ2n) is 8.68. The minimum Gasteiger partial charge on any atom is -0.322 e. The Morgan fingerprint density at radius 3 is 2.20 bits per heavy atom. The molecule has 6 atom stereocenters. The molecular weight excluding hydrogens is 400 g/mol. The fourth-order valence-corrected chi connectivity index (χ4v) is 5.86. The zero-order chi connectivity index (χ0) is 20.6. The lowest BCUT2D eigenvalue weighted by atomic mass is 9.63. The molecule has 0 spiro atoms. The number of halogens is 1. The number of carbonyl (C=O) groups excluding carboxylic acids is 3. The van der Waals surface area contributed by atoms with Gasteiger partial charge in [0, 0.05) is 16.3 Å². The van der Waals surface area contributed by atoms with Gasteiger partial charge in [-0.1, -0.05) is 29.8 Å². The largest absolute Gasteiger partial charge is 0.322 e. The van der Waals surface area contributed by atoms with E-state index in [1.54, 1.807) is 48.5 Å². The second-order valence-corrected chi connectivity index (χ2v) is 9.11. The maximum Gasteiger partial charge on any atom is 0.255 e. The summed E-state index contributed by atoms with van der Waals surface area (Å²) in [6.07, 6.45) is 5.45. The first kappa shape index (κ1) is 17.9. The van der Waals surface area contributed by atoms with Gasteiger partial charge in [0.05, 0.1) is 17.5 Å². The van der Waals surface area contributed by atoms with Gasteiger partial charge in [-0.15, -0.1) is 0 Å². The summed E-state index contributed by atoms with van der Waals surface area (Å²) < 4.78 is 0. The van der Waals surface area contributed by atoms with Crippen molar-refractivity contribution in [3.05, 3.63) is 71.3 Å². The van der Waals surface area contributed by atoms with Gasteiger partial charge in [-0.2, -0.15) is 0 Å². The number of anilines is 2. The van der Waals surface area contributed by atoms with Crippen LogP contribution in [-0.4, -0.2) is 17.7 Å². The fourth-order valence-electron chi connectivity index (χ4n) is 5.73. The van der Waals surface area contributed by atoms with E-state index in [0.29, 0.717) is 33.8 Å². The Labute approximate surface area is 178 Å². The summed E-state index contributed by atoms with van der Waals surface area (Å²) in [6, 6.07) is 13.6. The Bertz CT molecular complexity index is 1090. The molecule has 0 aromatic heterocycles. The van der Waals surface area contributed by atoms with Crippen LogP contribution in [0.15, 0.2) is 60.7 Å². The molecule has 1 aliphatic heterocycles. The number of carbonyl (C=O) groups is 3. The van der Waals surface area contributed by atoms with Crippen molar-refractivity contribution in [1.29, 1.82) is 0 Å². The van der Waals surface area contributed by atoms with Crippen molar-refractivity contribution in [1.82, 2.24) is 0 Å². The minimum absolute atomic E-state index is 0.120. The van der Waals surface area contributed by atoms with Crippen molar-refractivity contribution in [2.45, 2.75) is 6.42 Å². The molecule has 5 aliphatic rings. The highest BCUT2D eigenvalue weighted by Gasteiger charge is 2.67. The van der Waals surface area contributed by atoms with E-state index in [1.165, 1.54) is 4.90 Å². The number of amides is 3. The average molecular weight is 419 g/mol. The van der Waals surface area contributed by atoms with Crippen molar-refractivity contribution >= 4 is 40.7 Å². The highest BCUT2D eigenvalue weighted by Crippen LogP contribution is 2.65. The Hall–Kier alpha value is -2.92. The lowest BCUT2D eigenvalue weighted by Crippen LogP contribution is -2.40. The van der Waals surface area contributed by atoms with E-state index in [1.807, 2.05) is 0 Å². The maximum absolute atomic E-state index is 13.3. The zero-order valence-corrected chi connectivity index (χ0v) is 16.8. The van der Waals surface area contributed by atoms with Gasteiger partial charge >= 0.3 is 0 Å². The first-order valence-corrected chi connectivity index (χ1v) is 10.6. The Morgan fingerprint density at radius 1 is 0.933 bits per heavy atom. The van der Waals surface area contributed by atoms with Crippen LogP contribution >= 0.6 is 11.6 Å². The molecule has 1 heterocycles. The van der Waals surface area contributed by atoms with Crippen LogP contribution in [0, 0.1) is 35.5 Å². The molecule has 3 fully saturated rings. The van der Waals surface area contributed by atoms with Crippen LogP contribution in [0.2, 0.25) is 5.02 Å². The Morgan fingerprint density at radius 2 is 1.57 bits per heavy atom. The summed E-state index contributed by atoms with van der Waals surface area (Å²) >= 11 is 5.89. The summed E-state index contributed by atoms with van der Waals surface area (Å²) in [7, 11) is 0. The molecule has 3 amide bonds. The van der Waals surface area contributed by atoms with E-state index < -0.39 is 0 Å². The van der Waals surface area contributed by atoms with E-state index in [9.17, 15) is 14.4 Å². The molecule has 150 valence electrons. The van der Waals surface area contributed by atoms with Crippen LogP contribution in [0.5, 0.6) is 0 Å². The third kappa shape index (κ3) is 2.51. The summed E-state index contributed by atoms with van der Waals surface area (Å²) in [4.78, 5) is 40.5. The van der Waals surface area contributed by atoms with Gasteiger partial charge in [0.1, 0.15) is 0 Å². The van der Waals surface area contributed by atoms with Crippen molar-refractivity contribution in [3.63, 3.8) is 0 Å². The zero-order valence-electron chi connectivity index (χ0n) is 16.0. The standard InChI is InChI=1S/C24H19ClN2O3/c25-13-4-6-14(7-5-13)26-22(28)12-2-1-3-15(10-12)27-23(29)20-16-8-9-17(19-11-18(16)19)21(20)24(27)30/h1-10,16-21H,11H2,(H,26,28)/t16-,17-,18-,19-,20-,21+/m1/s1. The highest BCUT2D eigenvalue weighted by atomic mass is 35.5. The van der Waals surface area contributed by atoms with Gasteiger partial charge in [0.25, 0.3) is 5.91 Å². The first-order chi connectivity index (χ1) is 14.5. The maximum atomic E-state index is 13.3. The van der Waals surface area contributed by atoms with Crippen molar-refractivity contribution < 1.29 is 14.4 Å². The summed E-state index contributed by atoms with van der Waals surface area (Å²) in [6.45, 7) is 0. The number of benzene rings is 2. The number of rotatable bonds is 3. The highest BCUT2D eigenvalue weighted by molar-refractivity contribution is 6.30. The number of nitrogens with one attached hydrogen (secondary N) is 1. The van der Waals surface area contributed by atoms with Crippen LogP contribution in [0.4, 0.5) is 11.4 Å². The van der Waals surface area contributed by atoms with Crippen LogP contribution in [-0.2, 0) is 9.59 Å². The van der Waals surface area contributed by atoms with E-state index in [2.05, 4.69) is 17.5 Å². The van der Waals surface area contributed by atoms with Crippen molar-refractivity contribution in [2.24, 2.45) is 35.5 Å². The molecule has 2 aromatic carbocycles. The first-order valence-electron chi connectivity index (χ1n) is 10.3. The monoisotopic (exact) mass is 418 g/mol. The Kier molecular flexibility index (Phi) is 3.75. The molecular formula is C24H19ClN2O3. The number of hydrogen-bond donors (Lipinski definition) is 1. The molecule has 0 unspecified atom stereocenters. The normalized spacial score (nSPS) is 32.8. The van der Waals surface area contributed by atoms with E-state index in [4.69, 9.17) is 11.6 Å². The molecule has 6 heteroatoms. The van der Waals surface area contributed by atoms with Crippen molar-refractivity contribution in [3.8, 4) is 0 Å². The molecule has 2 aromatic rings. The van der Waals surface area contributed by atoms with Crippen LogP contribution in [0.25, 0.3) is 0 Å². The van der Waals surface area contributed by atoms with Gasteiger partial charge < -0.3 is 5.32 Å². The Balaban J connectivity index is 1.28. The van der Waals surface area contributed by atoms with E-state index in [0.717, 1.165) is 6.42 Å². The van der Waals surface area contributed by atoms with E-state index in [-0.39, 0.29) is 41.4 Å². The smallest absolute Gasteiger partial charge is 0.255 e. The molecule has 7 rings (SSSR count). The summed E-state index contributed by atoms with van der Waals surface area (Å²) in [5.41, 5.74) is 1.48. The summed E-state index contributed by atoms with van der Waals surface area (Å²) in [5.74, 6) is 0.453. The molecule has 1 saturated heterocycles. The molecule has 4 aliphatic carbocycles. The van der Waals surface area contributed by atoms with Gasteiger partial charge in [-0.05, 0) is 72.6 Å². The van der Waals surface area contributed by atoms with Gasteiger partial charge in [0.2, 0.25) is 11.8 Å². The minimum atomic E-state index is -0.307.